The van der Waals surface area contributed by atoms with E-state index in [1.54, 1.807) is 27.7 Å². The summed E-state index contributed by atoms with van der Waals surface area (Å²) < 4.78 is 24.0. The van der Waals surface area contributed by atoms with Crippen molar-refractivity contribution in [3.8, 4) is 0 Å². The molecular formula is C22H31FN2O6. The Morgan fingerprint density at radius 1 is 1.26 bits per heavy atom. The molecule has 1 saturated heterocycles. The summed E-state index contributed by atoms with van der Waals surface area (Å²) in [5.41, 5.74) is -0.422. The van der Waals surface area contributed by atoms with Crippen LogP contribution in [0.4, 0.5) is 9.18 Å². The van der Waals surface area contributed by atoms with Crippen molar-refractivity contribution in [2.45, 2.75) is 58.0 Å². The van der Waals surface area contributed by atoms with Crippen LogP contribution in [0.2, 0.25) is 0 Å². The Morgan fingerprint density at radius 2 is 1.87 bits per heavy atom. The number of amides is 2. The molecule has 1 aliphatic rings. The van der Waals surface area contributed by atoms with Crippen LogP contribution in [0.1, 0.15) is 44.5 Å². The van der Waals surface area contributed by atoms with Gasteiger partial charge in [-0.05, 0) is 51.5 Å². The van der Waals surface area contributed by atoms with Gasteiger partial charge in [0.2, 0.25) is 5.91 Å². The van der Waals surface area contributed by atoms with Crippen molar-refractivity contribution in [3.63, 3.8) is 0 Å². The van der Waals surface area contributed by atoms with Crippen molar-refractivity contribution in [1.82, 2.24) is 10.2 Å². The number of halogens is 1. The lowest BCUT2D eigenvalue weighted by Crippen LogP contribution is -2.51. The summed E-state index contributed by atoms with van der Waals surface area (Å²) in [7, 11) is 1.43. The van der Waals surface area contributed by atoms with E-state index < -0.39 is 47.6 Å². The molecule has 1 aromatic rings. The lowest BCUT2D eigenvalue weighted by atomic mass is 9.94. The van der Waals surface area contributed by atoms with E-state index in [2.05, 4.69) is 5.32 Å². The number of methoxy groups -OCH3 is 1. The molecule has 9 heteroatoms. The number of carbonyl (C=O) groups excluding carboxylic acids is 3. The minimum absolute atomic E-state index is 0.0802. The fourth-order valence-electron chi connectivity index (χ4n) is 3.59. The second kappa shape index (κ2) is 10.2. The van der Waals surface area contributed by atoms with Gasteiger partial charge in [0.25, 0.3) is 0 Å². The van der Waals surface area contributed by atoms with Crippen LogP contribution in [0.15, 0.2) is 24.3 Å². The molecule has 4 atom stereocenters. The summed E-state index contributed by atoms with van der Waals surface area (Å²) in [5, 5.41) is 12.7. The van der Waals surface area contributed by atoms with Gasteiger partial charge in [-0.1, -0.05) is 6.92 Å². The second-order valence-electron chi connectivity index (χ2n) is 8.73. The number of hydrogen-bond donors (Lipinski definition) is 2. The quantitative estimate of drug-likeness (QED) is 0.632. The molecular weight excluding hydrogens is 407 g/mol. The highest BCUT2D eigenvalue weighted by Crippen LogP contribution is 2.28. The van der Waals surface area contributed by atoms with Crippen LogP contribution in [-0.4, -0.2) is 71.8 Å². The molecule has 0 saturated carbocycles. The molecule has 3 unspecified atom stereocenters. The Kier molecular flexibility index (Phi) is 8.14. The third-order valence-electron chi connectivity index (χ3n) is 5.10. The highest BCUT2D eigenvalue weighted by Gasteiger charge is 2.44. The highest BCUT2D eigenvalue weighted by molar-refractivity contribution is 5.99. The van der Waals surface area contributed by atoms with Crippen molar-refractivity contribution in [2.75, 3.05) is 20.2 Å². The van der Waals surface area contributed by atoms with Gasteiger partial charge in [-0.3, -0.25) is 14.5 Å². The minimum Gasteiger partial charge on any atom is -0.444 e. The SMILES string of the molecule is COC(C(C)C(=O)NCC(=O)c1ccc(F)cc1)[C@@H]1CC(O)CN1C(=O)OC(C)(C)C. The zero-order chi connectivity index (χ0) is 23.3. The van der Waals surface area contributed by atoms with E-state index in [1.807, 2.05) is 0 Å². The van der Waals surface area contributed by atoms with Crippen LogP contribution in [0.3, 0.4) is 0 Å². The first kappa shape index (κ1) is 24.7. The number of aliphatic hydroxyl groups excluding tert-OH is 1. The van der Waals surface area contributed by atoms with Gasteiger partial charge < -0.3 is 19.9 Å². The lowest BCUT2D eigenvalue weighted by Gasteiger charge is -2.34. The number of ether oxygens (including phenoxy) is 2. The summed E-state index contributed by atoms with van der Waals surface area (Å²) in [6.07, 6.45) is -1.82. The molecule has 1 aromatic carbocycles. The van der Waals surface area contributed by atoms with Crippen LogP contribution in [0, 0.1) is 11.7 Å². The topological polar surface area (TPSA) is 105 Å². The number of carbonyl (C=O) groups is 3. The number of ketones is 1. The number of nitrogens with zero attached hydrogens (tertiary/aromatic N) is 1. The maximum Gasteiger partial charge on any atom is 0.410 e. The van der Waals surface area contributed by atoms with Gasteiger partial charge in [0.05, 0.1) is 37.3 Å². The molecule has 0 aliphatic carbocycles. The van der Waals surface area contributed by atoms with Crippen molar-refractivity contribution in [1.29, 1.82) is 0 Å². The molecule has 8 nitrogen and oxygen atoms in total. The first-order valence-electron chi connectivity index (χ1n) is 10.2. The predicted octanol–water partition coefficient (Wildman–Crippen LogP) is 2.15. The summed E-state index contributed by atoms with van der Waals surface area (Å²) in [4.78, 5) is 38.9. The third kappa shape index (κ3) is 6.73. The largest absolute Gasteiger partial charge is 0.444 e. The molecule has 0 spiro atoms. The summed E-state index contributed by atoms with van der Waals surface area (Å²) >= 11 is 0. The Hall–Kier alpha value is -2.52. The van der Waals surface area contributed by atoms with Crippen molar-refractivity contribution >= 4 is 17.8 Å². The van der Waals surface area contributed by atoms with Crippen LogP contribution < -0.4 is 5.32 Å². The summed E-state index contributed by atoms with van der Waals surface area (Å²) in [6.45, 7) is 6.69. The number of rotatable bonds is 7. The maximum atomic E-state index is 13.0. The molecule has 0 radical (unpaired) electrons. The van der Waals surface area contributed by atoms with Crippen LogP contribution >= 0.6 is 0 Å². The van der Waals surface area contributed by atoms with E-state index in [0.29, 0.717) is 0 Å². The van der Waals surface area contributed by atoms with E-state index in [4.69, 9.17) is 9.47 Å². The molecule has 1 aliphatic heterocycles. The average Bonchev–Trinajstić information content (AvgIpc) is 3.07. The lowest BCUT2D eigenvalue weighted by molar-refractivity contribution is -0.130. The Balaban J connectivity index is 2.03. The highest BCUT2D eigenvalue weighted by atomic mass is 19.1. The first-order chi connectivity index (χ1) is 14.4. The fraction of sp³-hybridized carbons (Fsp3) is 0.591. The zero-order valence-corrected chi connectivity index (χ0v) is 18.6. The third-order valence-corrected chi connectivity index (χ3v) is 5.10. The van der Waals surface area contributed by atoms with Crippen LogP contribution in [-0.2, 0) is 14.3 Å². The molecule has 2 N–H and O–H groups in total. The van der Waals surface area contributed by atoms with Crippen molar-refractivity contribution in [2.24, 2.45) is 5.92 Å². The number of β-amino-alcohol motifs (C(OH)–C–C–N with tert-alkyl or cyclic N) is 1. The number of likely N-dealkylation sites (tertiary alicyclic amines) is 1. The van der Waals surface area contributed by atoms with Gasteiger partial charge in [0, 0.05) is 12.7 Å². The number of aliphatic hydroxyl groups is 1. The zero-order valence-electron chi connectivity index (χ0n) is 18.6. The molecule has 0 aromatic heterocycles. The summed E-state index contributed by atoms with van der Waals surface area (Å²) in [5.74, 6) is -1.97. The normalized spacial score (nSPS) is 20.8. The second-order valence-corrected chi connectivity index (χ2v) is 8.73. The number of benzene rings is 1. The van der Waals surface area contributed by atoms with E-state index in [9.17, 15) is 23.9 Å². The Labute approximate surface area is 181 Å². The maximum absolute atomic E-state index is 13.0. The standard InChI is InChI=1S/C22H31FN2O6/c1-13(20(28)24-11-18(27)14-6-8-15(23)9-7-14)19(30-5)17-10-16(26)12-25(17)21(29)31-22(2,3)4/h6-9,13,16-17,19,26H,10-12H2,1-5H3,(H,24,28)/t13?,16?,17-,19?/m0/s1. The van der Waals surface area contributed by atoms with Gasteiger partial charge >= 0.3 is 6.09 Å². The average molecular weight is 438 g/mol. The van der Waals surface area contributed by atoms with E-state index >= 15 is 0 Å². The molecule has 2 rings (SSSR count). The Bertz CT molecular complexity index is 792. The molecule has 1 heterocycles. The summed E-state index contributed by atoms with van der Waals surface area (Å²) in [6, 6.07) is 4.49. The predicted molar refractivity (Wildman–Crippen MR) is 111 cm³/mol. The Morgan fingerprint density at radius 3 is 2.42 bits per heavy atom. The number of hydrogen-bond acceptors (Lipinski definition) is 6. The van der Waals surface area contributed by atoms with Crippen LogP contribution in [0.25, 0.3) is 0 Å². The fourth-order valence-corrected chi connectivity index (χ4v) is 3.59. The smallest absolute Gasteiger partial charge is 0.410 e. The van der Waals surface area contributed by atoms with Crippen LogP contribution in [0.5, 0.6) is 0 Å². The first-order valence-corrected chi connectivity index (χ1v) is 10.2. The van der Waals surface area contributed by atoms with Crippen molar-refractivity contribution in [3.05, 3.63) is 35.6 Å². The monoisotopic (exact) mass is 438 g/mol. The van der Waals surface area contributed by atoms with E-state index in [0.717, 1.165) is 0 Å². The van der Waals surface area contributed by atoms with Gasteiger partial charge in [-0.2, -0.15) is 0 Å². The molecule has 31 heavy (non-hydrogen) atoms. The van der Waals surface area contributed by atoms with Gasteiger partial charge in [0.15, 0.2) is 5.78 Å². The van der Waals surface area contributed by atoms with Gasteiger partial charge in [-0.25, -0.2) is 9.18 Å². The van der Waals surface area contributed by atoms with E-state index in [1.165, 1.54) is 36.3 Å². The van der Waals surface area contributed by atoms with Crippen molar-refractivity contribution < 1.29 is 33.4 Å². The molecule has 2 amide bonds. The molecule has 172 valence electrons. The van der Waals surface area contributed by atoms with E-state index in [-0.39, 0.29) is 30.9 Å². The number of Topliss-reactive ketones (excluding diaryl/α,β-unsaturated/α-hetero) is 1. The molecule has 1 fully saturated rings. The van der Waals surface area contributed by atoms with Gasteiger partial charge in [0.1, 0.15) is 11.4 Å². The number of nitrogens with one attached hydrogen (secondary N) is 1. The molecule has 0 bridgehead atoms. The van der Waals surface area contributed by atoms with Gasteiger partial charge in [-0.15, -0.1) is 0 Å². The minimum atomic E-state index is -0.759.